The maximum absolute atomic E-state index is 12.6. The molecule has 1 N–H and O–H groups in total. The summed E-state index contributed by atoms with van der Waals surface area (Å²) in [6.07, 6.45) is 0.995. The monoisotopic (exact) mass is 419 g/mol. The van der Waals surface area contributed by atoms with Gasteiger partial charge in [-0.3, -0.25) is 0 Å². The van der Waals surface area contributed by atoms with Crippen LogP contribution in [0.3, 0.4) is 0 Å². The van der Waals surface area contributed by atoms with Gasteiger partial charge < -0.3 is 9.42 Å². The number of piperazine rings is 1. The topological polar surface area (TPSA) is 80.7 Å². The van der Waals surface area contributed by atoms with Crippen LogP contribution in [0.1, 0.15) is 18.4 Å². The molecule has 0 bridgehead atoms. The third kappa shape index (κ3) is 4.02. The SMILES string of the molecule is CCc1ccc(-c2noc(C[NH+]3CCN(S(=O)(=O)c4cccs4)CC3)n2)cc1. The number of aryl methyl sites for hydroxylation is 1. The Bertz CT molecular complexity index is 1010. The minimum Gasteiger partial charge on any atom is -0.333 e. The van der Waals surface area contributed by atoms with Gasteiger partial charge in [-0.15, -0.1) is 11.3 Å². The first-order valence-electron chi connectivity index (χ1n) is 9.35. The van der Waals surface area contributed by atoms with Crippen molar-refractivity contribution in [3.05, 3.63) is 53.2 Å². The predicted octanol–water partition coefficient (Wildman–Crippen LogP) is 1.45. The Morgan fingerprint density at radius 1 is 1.18 bits per heavy atom. The van der Waals surface area contributed by atoms with Crippen molar-refractivity contribution in [1.29, 1.82) is 0 Å². The van der Waals surface area contributed by atoms with E-state index in [0.717, 1.165) is 12.0 Å². The Morgan fingerprint density at radius 3 is 2.57 bits per heavy atom. The normalized spacial score (nSPS) is 16.5. The number of rotatable bonds is 6. The predicted molar refractivity (Wildman–Crippen MR) is 107 cm³/mol. The number of nitrogens with zero attached hydrogens (tertiary/aromatic N) is 3. The molecule has 0 unspecified atom stereocenters. The summed E-state index contributed by atoms with van der Waals surface area (Å²) in [6.45, 7) is 5.15. The lowest BCUT2D eigenvalue weighted by Gasteiger charge is -2.30. The molecule has 7 nitrogen and oxygen atoms in total. The number of nitrogens with one attached hydrogen (secondary N) is 1. The molecule has 3 heterocycles. The average Bonchev–Trinajstić information content (AvgIpc) is 3.41. The Hall–Kier alpha value is -2.07. The molecule has 0 amide bonds. The highest BCUT2D eigenvalue weighted by Gasteiger charge is 2.31. The molecule has 28 heavy (non-hydrogen) atoms. The quantitative estimate of drug-likeness (QED) is 0.654. The molecule has 148 valence electrons. The van der Waals surface area contributed by atoms with Gasteiger partial charge in [0.05, 0.1) is 26.2 Å². The molecule has 9 heteroatoms. The van der Waals surface area contributed by atoms with E-state index in [-0.39, 0.29) is 0 Å². The fourth-order valence-corrected chi connectivity index (χ4v) is 5.89. The molecule has 2 aromatic heterocycles. The van der Waals surface area contributed by atoms with E-state index in [1.54, 1.807) is 21.8 Å². The van der Waals surface area contributed by atoms with Crippen molar-refractivity contribution in [2.75, 3.05) is 26.2 Å². The van der Waals surface area contributed by atoms with Crippen LogP contribution in [0, 0.1) is 0 Å². The van der Waals surface area contributed by atoms with Gasteiger partial charge in [-0.1, -0.05) is 42.4 Å². The van der Waals surface area contributed by atoms with Gasteiger partial charge in [0.2, 0.25) is 5.82 Å². The summed E-state index contributed by atoms with van der Waals surface area (Å²) < 4.78 is 32.6. The largest absolute Gasteiger partial charge is 0.333 e. The fraction of sp³-hybridized carbons (Fsp3) is 0.368. The van der Waals surface area contributed by atoms with Crippen LogP contribution in [0.25, 0.3) is 11.4 Å². The lowest BCUT2D eigenvalue weighted by molar-refractivity contribution is -0.918. The molecule has 4 rings (SSSR count). The van der Waals surface area contributed by atoms with E-state index in [0.29, 0.717) is 48.6 Å². The van der Waals surface area contributed by atoms with E-state index < -0.39 is 10.0 Å². The number of quaternary nitrogens is 1. The number of aromatic nitrogens is 2. The van der Waals surface area contributed by atoms with E-state index in [1.165, 1.54) is 21.8 Å². The molecular weight excluding hydrogens is 396 g/mol. The van der Waals surface area contributed by atoms with Gasteiger partial charge in [0.25, 0.3) is 15.9 Å². The Balaban J connectivity index is 1.36. The summed E-state index contributed by atoms with van der Waals surface area (Å²) in [7, 11) is -3.37. The van der Waals surface area contributed by atoms with Crippen LogP contribution in [0.4, 0.5) is 0 Å². The highest BCUT2D eigenvalue weighted by Crippen LogP contribution is 2.21. The van der Waals surface area contributed by atoms with Crippen molar-refractivity contribution in [3.8, 4) is 11.4 Å². The molecule has 1 aliphatic rings. The number of sulfonamides is 1. The van der Waals surface area contributed by atoms with Gasteiger partial charge in [-0.25, -0.2) is 8.42 Å². The minimum absolute atomic E-state index is 0.409. The second-order valence-electron chi connectivity index (χ2n) is 6.83. The van der Waals surface area contributed by atoms with Crippen LogP contribution in [0.5, 0.6) is 0 Å². The first-order valence-corrected chi connectivity index (χ1v) is 11.7. The van der Waals surface area contributed by atoms with Crippen molar-refractivity contribution < 1.29 is 17.8 Å². The van der Waals surface area contributed by atoms with Crippen LogP contribution >= 0.6 is 11.3 Å². The zero-order valence-corrected chi connectivity index (χ0v) is 17.3. The maximum atomic E-state index is 12.6. The summed E-state index contributed by atoms with van der Waals surface area (Å²) in [6, 6.07) is 11.6. The Morgan fingerprint density at radius 2 is 1.93 bits per heavy atom. The Kier molecular flexibility index (Phi) is 5.58. The van der Waals surface area contributed by atoms with Crippen LogP contribution in [-0.2, 0) is 23.0 Å². The van der Waals surface area contributed by atoms with E-state index >= 15 is 0 Å². The van der Waals surface area contributed by atoms with Crippen LogP contribution in [-0.4, -0.2) is 49.0 Å². The minimum atomic E-state index is -3.37. The van der Waals surface area contributed by atoms with Gasteiger partial charge in [0, 0.05) is 5.56 Å². The second kappa shape index (κ2) is 8.12. The molecule has 1 fully saturated rings. The van der Waals surface area contributed by atoms with Gasteiger partial charge in [0.1, 0.15) is 4.21 Å². The lowest BCUT2D eigenvalue weighted by atomic mass is 10.1. The number of thiophene rings is 1. The summed E-state index contributed by atoms with van der Waals surface area (Å²) >= 11 is 1.26. The van der Waals surface area contributed by atoms with Crippen molar-refractivity contribution >= 4 is 21.4 Å². The van der Waals surface area contributed by atoms with E-state index in [2.05, 4.69) is 29.2 Å². The third-order valence-electron chi connectivity index (χ3n) is 5.01. The lowest BCUT2D eigenvalue weighted by Crippen LogP contribution is -3.13. The molecule has 1 aliphatic heterocycles. The molecule has 0 spiro atoms. The summed E-state index contributed by atoms with van der Waals surface area (Å²) in [5.74, 6) is 1.18. The number of hydrogen-bond acceptors (Lipinski definition) is 6. The zero-order chi connectivity index (χ0) is 19.6. The molecule has 0 aliphatic carbocycles. The van der Waals surface area contributed by atoms with Crippen LogP contribution in [0.15, 0.2) is 50.5 Å². The first kappa shape index (κ1) is 19.3. The van der Waals surface area contributed by atoms with Crippen molar-refractivity contribution in [1.82, 2.24) is 14.4 Å². The van der Waals surface area contributed by atoms with E-state index in [1.807, 2.05) is 12.1 Å². The summed E-state index contributed by atoms with van der Waals surface area (Å²) in [4.78, 5) is 5.75. The molecular formula is C19H23N4O3S2+. The maximum Gasteiger partial charge on any atom is 0.282 e. The smallest absolute Gasteiger partial charge is 0.282 e. The van der Waals surface area contributed by atoms with Crippen molar-refractivity contribution in [2.24, 2.45) is 0 Å². The number of benzene rings is 1. The average molecular weight is 420 g/mol. The van der Waals surface area contributed by atoms with Gasteiger partial charge in [-0.05, 0) is 23.4 Å². The zero-order valence-electron chi connectivity index (χ0n) is 15.7. The van der Waals surface area contributed by atoms with Crippen molar-refractivity contribution in [3.63, 3.8) is 0 Å². The fourth-order valence-electron chi connectivity index (χ4n) is 3.30. The van der Waals surface area contributed by atoms with E-state index in [9.17, 15) is 8.42 Å². The Labute approximate surface area is 168 Å². The third-order valence-corrected chi connectivity index (χ3v) is 8.28. The molecule has 0 atom stereocenters. The molecule has 1 aromatic carbocycles. The molecule has 1 saturated heterocycles. The highest BCUT2D eigenvalue weighted by atomic mass is 32.2. The summed E-state index contributed by atoms with van der Waals surface area (Å²) in [5.41, 5.74) is 2.21. The number of hydrogen-bond donors (Lipinski definition) is 1. The van der Waals surface area contributed by atoms with Gasteiger partial charge in [0.15, 0.2) is 6.54 Å². The van der Waals surface area contributed by atoms with Crippen LogP contribution in [0.2, 0.25) is 0 Å². The molecule has 0 radical (unpaired) electrons. The van der Waals surface area contributed by atoms with E-state index in [4.69, 9.17) is 4.52 Å². The molecule has 3 aromatic rings. The van der Waals surface area contributed by atoms with Gasteiger partial charge >= 0.3 is 0 Å². The van der Waals surface area contributed by atoms with Gasteiger partial charge in [-0.2, -0.15) is 9.29 Å². The van der Waals surface area contributed by atoms with Crippen molar-refractivity contribution in [2.45, 2.75) is 24.1 Å². The first-order chi connectivity index (χ1) is 13.6. The standard InChI is InChI=1S/C19H22N4O3S2/c1-2-15-5-7-16(8-6-15)19-20-17(26-21-19)14-22-9-11-23(12-10-22)28(24,25)18-4-3-13-27-18/h3-8,13H,2,9-12,14H2,1H3/p+1. The molecule has 0 saturated carbocycles. The summed E-state index contributed by atoms with van der Waals surface area (Å²) in [5, 5.41) is 5.88. The second-order valence-corrected chi connectivity index (χ2v) is 9.94. The highest BCUT2D eigenvalue weighted by molar-refractivity contribution is 7.91. The van der Waals surface area contributed by atoms with Crippen LogP contribution < -0.4 is 4.90 Å².